The molecule has 4 aromatic rings. The average molecular weight is 622 g/mol. The fourth-order valence-corrected chi connectivity index (χ4v) is 13.3. The van der Waals surface area contributed by atoms with Crippen LogP contribution in [0.5, 0.6) is 0 Å². The van der Waals surface area contributed by atoms with Crippen LogP contribution in [0.1, 0.15) is 85.1 Å². The van der Waals surface area contributed by atoms with Crippen LogP contribution in [-0.2, 0) is 11.3 Å². The minimum atomic E-state index is -2.16. The van der Waals surface area contributed by atoms with Gasteiger partial charge in [-0.1, -0.05) is 71.3 Å². The van der Waals surface area contributed by atoms with Crippen LogP contribution in [0, 0.1) is 0 Å². The lowest BCUT2D eigenvalue weighted by Gasteiger charge is -2.44. The molecule has 230 valence electrons. The molecular weight excluding hydrogens is 578 g/mol. The number of hydrogen-bond donors (Lipinski definition) is 1. The third-order valence-corrected chi connectivity index (χ3v) is 15.2. The van der Waals surface area contributed by atoms with Gasteiger partial charge in [0.2, 0.25) is 0 Å². The van der Waals surface area contributed by atoms with Crippen LogP contribution in [0.15, 0.2) is 61.3 Å². The molecule has 0 bridgehead atoms. The van der Waals surface area contributed by atoms with Crippen LogP contribution < -0.4 is 4.90 Å². The molecule has 0 aliphatic carbocycles. The van der Waals surface area contributed by atoms with Crippen molar-refractivity contribution in [2.24, 2.45) is 0 Å². The quantitative estimate of drug-likeness (QED) is 0.188. The van der Waals surface area contributed by atoms with Crippen molar-refractivity contribution >= 4 is 42.8 Å². The number of aromatic nitrogens is 4. The van der Waals surface area contributed by atoms with Gasteiger partial charge in [-0.3, -0.25) is 4.90 Å². The Morgan fingerprint density at radius 2 is 1.60 bits per heavy atom. The number of anilines is 1. The molecule has 1 aromatic carbocycles. The lowest BCUT2D eigenvalue weighted by Crippen LogP contribution is -2.51. The Balaban J connectivity index is 1.74. The maximum Gasteiger partial charge on any atom is 0.416 e. The standard InChI is InChI=1S/C33H44ClN5O3Si/c1-21(2)43(22(3)4,23(5)6)39-19-28(27-17-35-20-37-31(27)39)30(40)25-12-15-29(36-16-25)38(32(41)42-33(7,8)9)18-24-10-13-26(34)14-11-24/h10-17,19-23,30,40H,18H2,1-9H3. The van der Waals surface area contributed by atoms with E-state index in [2.05, 4.69) is 61.9 Å². The molecular formula is C33H44ClN5O3Si. The summed E-state index contributed by atoms with van der Waals surface area (Å²) in [4.78, 5) is 28.4. The molecule has 1 unspecified atom stereocenters. The summed E-state index contributed by atoms with van der Waals surface area (Å²) in [5.74, 6) is 0.414. The lowest BCUT2D eigenvalue weighted by molar-refractivity contribution is 0.0576. The molecule has 1 N–H and O–H groups in total. The Morgan fingerprint density at radius 1 is 0.977 bits per heavy atom. The molecule has 4 rings (SSSR count). The van der Waals surface area contributed by atoms with Gasteiger partial charge in [0.25, 0.3) is 0 Å². The number of carbonyl (C=O) groups excluding carboxylic acids is 1. The monoisotopic (exact) mass is 621 g/mol. The third kappa shape index (κ3) is 6.64. The molecule has 0 radical (unpaired) electrons. The third-order valence-electron chi connectivity index (χ3n) is 8.22. The van der Waals surface area contributed by atoms with E-state index in [1.807, 2.05) is 32.9 Å². The van der Waals surface area contributed by atoms with Crippen molar-refractivity contribution in [1.82, 2.24) is 19.2 Å². The topological polar surface area (TPSA) is 93.4 Å². The van der Waals surface area contributed by atoms with Gasteiger partial charge in [-0.05, 0) is 61.2 Å². The molecule has 3 aromatic heterocycles. The average Bonchev–Trinajstić information content (AvgIpc) is 3.31. The molecule has 0 fully saturated rings. The van der Waals surface area contributed by atoms with E-state index < -0.39 is 26.0 Å². The van der Waals surface area contributed by atoms with E-state index in [1.54, 1.807) is 43.0 Å². The van der Waals surface area contributed by atoms with Crippen LogP contribution in [-0.4, -0.2) is 44.2 Å². The molecule has 8 nitrogen and oxygen atoms in total. The zero-order chi connectivity index (χ0) is 31.7. The summed E-state index contributed by atoms with van der Waals surface area (Å²) in [7, 11) is -2.16. The number of fused-ring (bicyclic) bond motifs is 1. The van der Waals surface area contributed by atoms with Crippen molar-refractivity contribution in [3.8, 4) is 0 Å². The number of benzene rings is 1. The van der Waals surface area contributed by atoms with E-state index >= 15 is 0 Å². The van der Waals surface area contributed by atoms with Crippen molar-refractivity contribution < 1.29 is 14.6 Å². The van der Waals surface area contributed by atoms with Crippen molar-refractivity contribution in [2.75, 3.05) is 4.90 Å². The van der Waals surface area contributed by atoms with Gasteiger partial charge < -0.3 is 14.1 Å². The number of ether oxygens (including phenoxy) is 1. The maximum atomic E-state index is 13.3. The Hall–Kier alpha value is -3.27. The minimum absolute atomic E-state index is 0.248. The Bertz CT molecular complexity index is 1520. The molecule has 0 aliphatic rings. The van der Waals surface area contributed by atoms with Gasteiger partial charge in [0.1, 0.15) is 29.5 Å². The fraction of sp³-hybridized carbons (Fsp3) is 0.455. The summed E-state index contributed by atoms with van der Waals surface area (Å²) in [6.07, 6.45) is 5.61. The summed E-state index contributed by atoms with van der Waals surface area (Å²) in [6, 6.07) is 10.8. The van der Waals surface area contributed by atoms with Gasteiger partial charge in [-0.2, -0.15) is 0 Å². The Labute approximate surface area is 261 Å². The highest BCUT2D eigenvalue weighted by Gasteiger charge is 2.46. The summed E-state index contributed by atoms with van der Waals surface area (Å²) < 4.78 is 8.09. The number of amides is 1. The predicted octanol–water partition coefficient (Wildman–Crippen LogP) is 8.53. The lowest BCUT2D eigenvalue weighted by atomic mass is 10.0. The fourth-order valence-electron chi connectivity index (χ4n) is 6.56. The number of rotatable bonds is 9. The van der Waals surface area contributed by atoms with Crippen LogP contribution in [0.4, 0.5) is 10.6 Å². The second-order valence-electron chi connectivity index (χ2n) is 13.1. The minimum Gasteiger partial charge on any atom is -0.443 e. The Kier molecular flexibility index (Phi) is 9.68. The number of aliphatic hydroxyl groups is 1. The van der Waals surface area contributed by atoms with E-state index in [0.717, 1.165) is 22.2 Å². The van der Waals surface area contributed by atoms with Crippen molar-refractivity contribution in [2.45, 2.75) is 97.2 Å². The Morgan fingerprint density at radius 3 is 2.14 bits per heavy atom. The summed E-state index contributed by atoms with van der Waals surface area (Å²) in [5, 5.41) is 13.2. The zero-order valence-electron chi connectivity index (χ0n) is 26.7. The van der Waals surface area contributed by atoms with E-state index in [0.29, 0.717) is 33.0 Å². The van der Waals surface area contributed by atoms with Gasteiger partial charge >= 0.3 is 6.09 Å². The van der Waals surface area contributed by atoms with Crippen molar-refractivity contribution in [3.63, 3.8) is 0 Å². The van der Waals surface area contributed by atoms with E-state index in [4.69, 9.17) is 21.3 Å². The smallest absolute Gasteiger partial charge is 0.416 e. The highest BCUT2D eigenvalue weighted by Crippen LogP contribution is 2.45. The number of hydrogen-bond acceptors (Lipinski definition) is 6. The molecule has 0 saturated heterocycles. The summed E-state index contributed by atoms with van der Waals surface area (Å²) in [5.41, 5.74) is 3.75. The van der Waals surface area contributed by atoms with Crippen LogP contribution in [0.2, 0.25) is 21.6 Å². The summed E-state index contributed by atoms with van der Waals surface area (Å²) >= 11 is 6.07. The number of aliphatic hydroxyl groups excluding tert-OH is 1. The number of carbonyl (C=O) groups is 1. The first-order valence-corrected chi connectivity index (χ1v) is 17.4. The number of nitrogens with zero attached hydrogens (tertiary/aromatic N) is 5. The molecule has 1 amide bonds. The maximum absolute atomic E-state index is 13.3. The van der Waals surface area contributed by atoms with Crippen molar-refractivity contribution in [1.29, 1.82) is 0 Å². The predicted molar refractivity (Wildman–Crippen MR) is 176 cm³/mol. The second kappa shape index (κ2) is 12.8. The SMILES string of the molecule is CC(C)[Si](C(C)C)(C(C)C)n1cc(C(O)c2ccc(N(Cc3ccc(Cl)cc3)C(=O)OC(C)(C)C)nc2)c2cncnc21. The van der Waals surface area contributed by atoms with Gasteiger partial charge in [-0.25, -0.2) is 19.7 Å². The van der Waals surface area contributed by atoms with E-state index in [-0.39, 0.29) is 6.54 Å². The van der Waals surface area contributed by atoms with Crippen LogP contribution in [0.3, 0.4) is 0 Å². The van der Waals surface area contributed by atoms with Crippen LogP contribution in [0.25, 0.3) is 11.0 Å². The second-order valence-corrected chi connectivity index (χ2v) is 19.3. The normalized spacial score (nSPS) is 13.3. The van der Waals surface area contributed by atoms with Gasteiger partial charge in [0.15, 0.2) is 8.24 Å². The summed E-state index contributed by atoms with van der Waals surface area (Å²) in [6.45, 7) is 19.6. The zero-order valence-corrected chi connectivity index (χ0v) is 28.4. The van der Waals surface area contributed by atoms with Crippen molar-refractivity contribution in [3.05, 3.63) is 83.0 Å². The van der Waals surface area contributed by atoms with Gasteiger partial charge in [0.05, 0.1) is 6.54 Å². The van der Waals surface area contributed by atoms with Crippen LogP contribution >= 0.6 is 11.6 Å². The number of pyridine rings is 1. The molecule has 1 atom stereocenters. The highest BCUT2D eigenvalue weighted by molar-refractivity contribution is 6.82. The van der Waals surface area contributed by atoms with Gasteiger partial charge in [0, 0.05) is 40.1 Å². The number of halogens is 1. The molecule has 3 heterocycles. The first kappa shape index (κ1) is 32.6. The highest BCUT2D eigenvalue weighted by atomic mass is 35.5. The molecule has 0 aliphatic heterocycles. The molecule has 0 spiro atoms. The largest absolute Gasteiger partial charge is 0.443 e. The van der Waals surface area contributed by atoms with E-state index in [9.17, 15) is 9.90 Å². The first-order chi connectivity index (χ1) is 20.2. The van der Waals surface area contributed by atoms with E-state index in [1.165, 1.54) is 4.90 Å². The molecule has 0 saturated carbocycles. The first-order valence-electron chi connectivity index (χ1n) is 14.9. The van der Waals surface area contributed by atoms with Gasteiger partial charge in [-0.15, -0.1) is 0 Å². The molecule has 43 heavy (non-hydrogen) atoms. The molecule has 10 heteroatoms.